The van der Waals surface area contributed by atoms with Gasteiger partial charge in [-0.3, -0.25) is 0 Å². The van der Waals surface area contributed by atoms with E-state index in [0.717, 1.165) is 6.42 Å². The number of halogens is 1. The molecule has 4 heteroatoms. The fourth-order valence-electron chi connectivity index (χ4n) is 0.780. The first-order valence-corrected chi connectivity index (χ1v) is 5.84. The van der Waals surface area contributed by atoms with E-state index in [2.05, 4.69) is 15.9 Å². The van der Waals surface area contributed by atoms with Gasteiger partial charge in [-0.1, -0.05) is 28.9 Å². The summed E-state index contributed by atoms with van der Waals surface area (Å²) in [5.41, 5.74) is 0. The Labute approximate surface area is 90.0 Å². The van der Waals surface area contributed by atoms with Gasteiger partial charge in [0, 0.05) is 4.83 Å². The van der Waals surface area contributed by atoms with Crippen LogP contribution in [0.2, 0.25) is 0 Å². The second kappa shape index (κ2) is 5.40. The highest BCUT2D eigenvalue weighted by Crippen LogP contribution is 2.11. The molecule has 72 valence electrons. The Morgan fingerprint density at radius 3 is 3.08 bits per heavy atom. The molecule has 0 radical (unpaired) electrons. The number of hydrogen-bond acceptors (Lipinski definition) is 3. The molecule has 0 spiro atoms. The summed E-state index contributed by atoms with van der Waals surface area (Å²) in [4.78, 5) is 12.3. The molecule has 0 aliphatic carbocycles. The molecule has 2 nitrogen and oxygen atoms in total. The van der Waals surface area contributed by atoms with Crippen LogP contribution in [0.3, 0.4) is 0 Å². The molecule has 1 unspecified atom stereocenters. The molecule has 0 aliphatic rings. The Bertz CT molecular complexity index is 257. The lowest BCUT2D eigenvalue weighted by molar-refractivity contribution is 0.0507. The molecule has 0 fully saturated rings. The van der Waals surface area contributed by atoms with Crippen molar-refractivity contribution in [1.82, 2.24) is 0 Å². The second-order valence-corrected chi connectivity index (χ2v) is 5.19. The molecule has 0 bridgehead atoms. The maximum Gasteiger partial charge on any atom is 0.348 e. The zero-order chi connectivity index (χ0) is 9.68. The van der Waals surface area contributed by atoms with E-state index >= 15 is 0 Å². The van der Waals surface area contributed by atoms with Crippen molar-refractivity contribution in [2.75, 3.05) is 6.61 Å². The fourth-order valence-corrected chi connectivity index (χ4v) is 1.58. The van der Waals surface area contributed by atoms with Crippen molar-refractivity contribution < 1.29 is 9.53 Å². The van der Waals surface area contributed by atoms with Crippen LogP contribution >= 0.6 is 27.3 Å². The van der Waals surface area contributed by atoms with Gasteiger partial charge < -0.3 is 4.74 Å². The number of ether oxygens (including phenoxy) is 1. The Balaban J connectivity index is 2.27. The molecule has 1 atom stereocenters. The van der Waals surface area contributed by atoms with E-state index in [1.807, 2.05) is 18.4 Å². The molecule has 0 amide bonds. The van der Waals surface area contributed by atoms with E-state index in [0.29, 0.717) is 16.3 Å². The third-order valence-electron chi connectivity index (χ3n) is 1.47. The van der Waals surface area contributed by atoms with Crippen molar-refractivity contribution in [2.24, 2.45) is 0 Å². The van der Waals surface area contributed by atoms with Crippen LogP contribution in [0, 0.1) is 0 Å². The highest BCUT2D eigenvalue weighted by atomic mass is 79.9. The van der Waals surface area contributed by atoms with Crippen molar-refractivity contribution in [3.05, 3.63) is 22.4 Å². The van der Waals surface area contributed by atoms with Crippen molar-refractivity contribution in [2.45, 2.75) is 18.2 Å². The molecular formula is C9H11BrO2S. The molecule has 0 saturated carbocycles. The summed E-state index contributed by atoms with van der Waals surface area (Å²) in [5, 5.41) is 1.86. The van der Waals surface area contributed by atoms with Gasteiger partial charge in [0.25, 0.3) is 0 Å². The summed E-state index contributed by atoms with van der Waals surface area (Å²) in [7, 11) is 0. The van der Waals surface area contributed by atoms with Gasteiger partial charge in [0.1, 0.15) is 4.88 Å². The standard InChI is InChI=1S/C9H11BrO2S/c1-7(10)4-5-12-9(11)8-3-2-6-13-8/h2-3,6-7H,4-5H2,1H3. The van der Waals surface area contributed by atoms with Gasteiger partial charge in [-0.2, -0.15) is 0 Å². The van der Waals surface area contributed by atoms with Crippen LogP contribution < -0.4 is 0 Å². The summed E-state index contributed by atoms with van der Waals surface area (Å²) in [5.74, 6) is -0.219. The Morgan fingerprint density at radius 1 is 1.77 bits per heavy atom. The predicted octanol–water partition coefficient (Wildman–Crippen LogP) is 3.08. The molecule has 0 aromatic carbocycles. The van der Waals surface area contributed by atoms with Crippen molar-refractivity contribution in [3.8, 4) is 0 Å². The number of hydrogen-bond donors (Lipinski definition) is 0. The average Bonchev–Trinajstić information content (AvgIpc) is 2.55. The Morgan fingerprint density at radius 2 is 2.54 bits per heavy atom. The van der Waals surface area contributed by atoms with Crippen LogP contribution in [-0.4, -0.2) is 17.4 Å². The Hall–Kier alpha value is -0.350. The fraction of sp³-hybridized carbons (Fsp3) is 0.444. The average molecular weight is 263 g/mol. The first-order valence-electron chi connectivity index (χ1n) is 4.05. The van der Waals surface area contributed by atoms with Gasteiger partial charge in [0.2, 0.25) is 0 Å². The SMILES string of the molecule is CC(Br)CCOC(=O)c1cccs1. The lowest BCUT2D eigenvalue weighted by atomic mass is 10.3. The van der Waals surface area contributed by atoms with Crippen LogP contribution in [-0.2, 0) is 4.74 Å². The van der Waals surface area contributed by atoms with Crippen molar-refractivity contribution in [1.29, 1.82) is 0 Å². The highest BCUT2D eigenvalue weighted by molar-refractivity contribution is 9.09. The summed E-state index contributed by atoms with van der Waals surface area (Å²) in [6.07, 6.45) is 0.844. The maximum atomic E-state index is 11.3. The highest BCUT2D eigenvalue weighted by Gasteiger charge is 2.07. The summed E-state index contributed by atoms with van der Waals surface area (Å²) in [6.45, 7) is 2.50. The maximum absolute atomic E-state index is 11.3. The normalized spacial score (nSPS) is 12.5. The molecule has 1 aromatic rings. The monoisotopic (exact) mass is 262 g/mol. The predicted molar refractivity (Wildman–Crippen MR) is 57.6 cm³/mol. The number of rotatable bonds is 4. The van der Waals surface area contributed by atoms with E-state index < -0.39 is 0 Å². The quantitative estimate of drug-likeness (QED) is 0.616. The first kappa shape index (κ1) is 10.7. The topological polar surface area (TPSA) is 26.3 Å². The zero-order valence-electron chi connectivity index (χ0n) is 7.33. The smallest absolute Gasteiger partial charge is 0.348 e. The summed E-state index contributed by atoms with van der Waals surface area (Å²) in [6, 6.07) is 3.61. The number of esters is 1. The molecule has 0 aliphatic heterocycles. The van der Waals surface area contributed by atoms with E-state index in [9.17, 15) is 4.79 Å². The van der Waals surface area contributed by atoms with Crippen LogP contribution in [0.5, 0.6) is 0 Å². The lowest BCUT2D eigenvalue weighted by Crippen LogP contribution is -2.07. The molecule has 0 N–H and O–H groups in total. The van der Waals surface area contributed by atoms with E-state index in [1.165, 1.54) is 11.3 Å². The number of thiophene rings is 1. The molecule has 0 saturated heterocycles. The van der Waals surface area contributed by atoms with Crippen LogP contribution in [0.1, 0.15) is 23.0 Å². The zero-order valence-corrected chi connectivity index (χ0v) is 9.73. The number of carbonyl (C=O) groups is 1. The van der Waals surface area contributed by atoms with Crippen LogP contribution in [0.4, 0.5) is 0 Å². The van der Waals surface area contributed by atoms with Gasteiger partial charge in [-0.15, -0.1) is 11.3 Å². The Kier molecular flexibility index (Phi) is 4.45. The summed E-state index contributed by atoms with van der Waals surface area (Å²) < 4.78 is 5.04. The van der Waals surface area contributed by atoms with Crippen LogP contribution in [0.25, 0.3) is 0 Å². The number of carbonyl (C=O) groups excluding carboxylic acids is 1. The van der Waals surface area contributed by atoms with Gasteiger partial charge in [-0.05, 0) is 17.9 Å². The molecule has 13 heavy (non-hydrogen) atoms. The molecule has 1 heterocycles. The second-order valence-electron chi connectivity index (χ2n) is 2.68. The lowest BCUT2D eigenvalue weighted by Gasteiger charge is -2.03. The van der Waals surface area contributed by atoms with E-state index in [4.69, 9.17) is 4.74 Å². The molecule has 1 rings (SSSR count). The van der Waals surface area contributed by atoms with Gasteiger partial charge in [0.15, 0.2) is 0 Å². The van der Waals surface area contributed by atoms with Gasteiger partial charge >= 0.3 is 5.97 Å². The molecule has 1 aromatic heterocycles. The van der Waals surface area contributed by atoms with Crippen molar-refractivity contribution in [3.63, 3.8) is 0 Å². The largest absolute Gasteiger partial charge is 0.461 e. The van der Waals surface area contributed by atoms with Crippen LogP contribution in [0.15, 0.2) is 17.5 Å². The third-order valence-corrected chi connectivity index (χ3v) is 2.78. The van der Waals surface area contributed by atoms with Gasteiger partial charge in [0.05, 0.1) is 6.61 Å². The first-order chi connectivity index (χ1) is 6.20. The molecular weight excluding hydrogens is 252 g/mol. The third kappa shape index (κ3) is 3.91. The number of alkyl halides is 1. The minimum atomic E-state index is -0.219. The summed E-state index contributed by atoms with van der Waals surface area (Å²) >= 11 is 4.79. The van der Waals surface area contributed by atoms with Gasteiger partial charge in [-0.25, -0.2) is 4.79 Å². The van der Waals surface area contributed by atoms with E-state index in [-0.39, 0.29) is 5.97 Å². The minimum Gasteiger partial charge on any atom is -0.461 e. The minimum absolute atomic E-state index is 0.219. The van der Waals surface area contributed by atoms with Crippen molar-refractivity contribution >= 4 is 33.2 Å². The van der Waals surface area contributed by atoms with E-state index in [1.54, 1.807) is 6.07 Å².